The lowest BCUT2D eigenvalue weighted by molar-refractivity contribution is 0.414. The van der Waals surface area contributed by atoms with Crippen molar-refractivity contribution in [3.05, 3.63) is 60.0 Å². The van der Waals surface area contributed by atoms with Crippen LogP contribution in [0.15, 0.2) is 52.9 Å². The second-order valence-corrected chi connectivity index (χ2v) is 5.63. The number of halogens is 1. The van der Waals surface area contributed by atoms with Gasteiger partial charge in [-0.1, -0.05) is 40.2 Å². The number of benzene rings is 2. The topological polar surface area (TPSA) is 35.3 Å². The number of hydrogen-bond acceptors (Lipinski definition) is 3. The molecule has 3 aromatic rings. The molecule has 0 spiro atoms. The first-order valence-electron chi connectivity index (χ1n) is 6.39. The molecule has 0 saturated heterocycles. The van der Waals surface area contributed by atoms with Crippen LogP contribution in [-0.4, -0.2) is 12.1 Å². The standard InChI is InChI=1S/C16H14BrNO2/c1-19-12-8-6-11(7-9-12)13(17)10-16-18-14-4-2-3-5-15(14)20-16/h2-9,13H,10H2,1H3. The Balaban J connectivity index is 1.78. The molecule has 0 aliphatic rings. The summed E-state index contributed by atoms with van der Waals surface area (Å²) in [5.74, 6) is 1.60. The molecule has 0 saturated carbocycles. The largest absolute Gasteiger partial charge is 0.497 e. The highest BCUT2D eigenvalue weighted by Gasteiger charge is 2.13. The Morgan fingerprint density at radius 3 is 2.60 bits per heavy atom. The fourth-order valence-electron chi connectivity index (χ4n) is 2.09. The lowest BCUT2D eigenvalue weighted by atomic mass is 10.1. The molecule has 102 valence electrons. The molecule has 4 heteroatoms. The minimum atomic E-state index is 0.168. The summed E-state index contributed by atoms with van der Waals surface area (Å²) in [5.41, 5.74) is 2.90. The number of oxazole rings is 1. The average molecular weight is 332 g/mol. The maximum Gasteiger partial charge on any atom is 0.196 e. The normalized spacial score (nSPS) is 12.5. The van der Waals surface area contributed by atoms with Gasteiger partial charge >= 0.3 is 0 Å². The quantitative estimate of drug-likeness (QED) is 0.659. The van der Waals surface area contributed by atoms with Crippen LogP contribution in [0.25, 0.3) is 11.1 Å². The van der Waals surface area contributed by atoms with Crippen LogP contribution in [0.4, 0.5) is 0 Å². The molecule has 3 nitrogen and oxygen atoms in total. The third kappa shape index (κ3) is 2.70. The molecule has 0 bridgehead atoms. The fourth-order valence-corrected chi connectivity index (χ4v) is 2.67. The minimum absolute atomic E-state index is 0.168. The summed E-state index contributed by atoms with van der Waals surface area (Å²) in [6, 6.07) is 15.8. The smallest absolute Gasteiger partial charge is 0.196 e. The van der Waals surface area contributed by atoms with E-state index in [9.17, 15) is 0 Å². The van der Waals surface area contributed by atoms with Crippen molar-refractivity contribution in [3.8, 4) is 5.75 Å². The van der Waals surface area contributed by atoms with Gasteiger partial charge in [-0.25, -0.2) is 4.98 Å². The number of nitrogens with zero attached hydrogens (tertiary/aromatic N) is 1. The molecule has 0 aliphatic heterocycles. The second kappa shape index (κ2) is 5.67. The summed E-state index contributed by atoms with van der Waals surface area (Å²) in [5, 5.41) is 0. The number of fused-ring (bicyclic) bond motifs is 1. The van der Waals surface area contributed by atoms with Crippen molar-refractivity contribution < 1.29 is 9.15 Å². The van der Waals surface area contributed by atoms with Crippen molar-refractivity contribution in [2.45, 2.75) is 11.2 Å². The molecule has 1 heterocycles. The maximum absolute atomic E-state index is 5.74. The highest BCUT2D eigenvalue weighted by atomic mass is 79.9. The van der Waals surface area contributed by atoms with Crippen molar-refractivity contribution in [1.82, 2.24) is 4.98 Å². The van der Waals surface area contributed by atoms with Crippen LogP contribution >= 0.6 is 15.9 Å². The first kappa shape index (κ1) is 13.2. The monoisotopic (exact) mass is 331 g/mol. The van der Waals surface area contributed by atoms with E-state index in [1.165, 1.54) is 5.56 Å². The zero-order valence-electron chi connectivity index (χ0n) is 11.0. The maximum atomic E-state index is 5.74. The Morgan fingerprint density at radius 2 is 1.90 bits per heavy atom. The van der Waals surface area contributed by atoms with Crippen molar-refractivity contribution in [2.24, 2.45) is 0 Å². The fraction of sp³-hybridized carbons (Fsp3) is 0.188. The van der Waals surface area contributed by atoms with E-state index in [2.05, 4.69) is 20.9 Å². The molecule has 1 aromatic heterocycles. The van der Waals surface area contributed by atoms with Crippen molar-refractivity contribution in [3.63, 3.8) is 0 Å². The predicted octanol–water partition coefficient (Wildman–Crippen LogP) is 4.52. The molecule has 0 radical (unpaired) electrons. The predicted molar refractivity (Wildman–Crippen MR) is 82.4 cm³/mol. The van der Waals surface area contributed by atoms with Gasteiger partial charge in [0.2, 0.25) is 0 Å². The van der Waals surface area contributed by atoms with E-state index in [0.717, 1.165) is 22.7 Å². The number of aromatic nitrogens is 1. The van der Waals surface area contributed by atoms with E-state index < -0.39 is 0 Å². The Kier molecular flexibility index (Phi) is 3.74. The van der Waals surface area contributed by atoms with E-state index in [1.807, 2.05) is 48.5 Å². The van der Waals surface area contributed by atoms with E-state index in [1.54, 1.807) is 7.11 Å². The Labute approximate surface area is 125 Å². The summed E-state index contributed by atoms with van der Waals surface area (Å²) < 4.78 is 10.9. The lowest BCUT2D eigenvalue weighted by Gasteiger charge is -2.08. The van der Waals surface area contributed by atoms with Crippen LogP contribution in [0.5, 0.6) is 5.75 Å². The number of ether oxygens (including phenoxy) is 1. The van der Waals surface area contributed by atoms with E-state index in [4.69, 9.17) is 9.15 Å². The van der Waals surface area contributed by atoms with Gasteiger partial charge in [0.25, 0.3) is 0 Å². The molecular weight excluding hydrogens is 318 g/mol. The highest BCUT2D eigenvalue weighted by molar-refractivity contribution is 9.09. The van der Waals surface area contributed by atoms with Gasteiger partial charge in [0.1, 0.15) is 11.3 Å². The Hall–Kier alpha value is -1.81. The van der Waals surface area contributed by atoms with Gasteiger partial charge in [0.15, 0.2) is 11.5 Å². The van der Waals surface area contributed by atoms with Crippen LogP contribution in [0.1, 0.15) is 16.3 Å². The number of methoxy groups -OCH3 is 1. The Morgan fingerprint density at radius 1 is 1.15 bits per heavy atom. The summed E-state index contributed by atoms with van der Waals surface area (Å²) >= 11 is 3.69. The SMILES string of the molecule is COc1ccc(C(Br)Cc2nc3ccccc3o2)cc1. The minimum Gasteiger partial charge on any atom is -0.497 e. The number of hydrogen-bond donors (Lipinski definition) is 0. The van der Waals surface area contributed by atoms with Crippen LogP contribution in [0.3, 0.4) is 0 Å². The van der Waals surface area contributed by atoms with E-state index in [-0.39, 0.29) is 4.83 Å². The third-order valence-electron chi connectivity index (χ3n) is 3.17. The first-order chi connectivity index (χ1) is 9.76. The molecule has 20 heavy (non-hydrogen) atoms. The molecule has 0 fully saturated rings. The van der Waals surface area contributed by atoms with Crippen LogP contribution < -0.4 is 4.74 Å². The Bertz CT molecular complexity index is 673. The number of alkyl halides is 1. The van der Waals surface area contributed by atoms with Gasteiger partial charge in [-0.3, -0.25) is 0 Å². The van der Waals surface area contributed by atoms with Crippen LogP contribution in [0, 0.1) is 0 Å². The molecule has 1 atom stereocenters. The van der Waals surface area contributed by atoms with Gasteiger partial charge in [-0.05, 0) is 29.8 Å². The van der Waals surface area contributed by atoms with Crippen LogP contribution in [0.2, 0.25) is 0 Å². The van der Waals surface area contributed by atoms with E-state index in [0.29, 0.717) is 6.42 Å². The molecule has 0 aliphatic carbocycles. The zero-order chi connectivity index (χ0) is 13.9. The summed E-state index contributed by atoms with van der Waals surface area (Å²) in [4.78, 5) is 4.66. The average Bonchev–Trinajstić information content (AvgIpc) is 2.89. The molecule has 0 N–H and O–H groups in total. The van der Waals surface area contributed by atoms with Crippen molar-refractivity contribution in [2.75, 3.05) is 7.11 Å². The molecule has 2 aromatic carbocycles. The molecule has 0 amide bonds. The lowest BCUT2D eigenvalue weighted by Crippen LogP contribution is -1.95. The van der Waals surface area contributed by atoms with Gasteiger partial charge in [0, 0.05) is 11.2 Å². The number of rotatable bonds is 4. The van der Waals surface area contributed by atoms with Gasteiger partial charge in [-0.15, -0.1) is 0 Å². The first-order valence-corrected chi connectivity index (χ1v) is 7.30. The van der Waals surface area contributed by atoms with Crippen LogP contribution in [-0.2, 0) is 6.42 Å². The van der Waals surface area contributed by atoms with Crippen molar-refractivity contribution in [1.29, 1.82) is 0 Å². The highest BCUT2D eigenvalue weighted by Crippen LogP contribution is 2.29. The summed E-state index contributed by atoms with van der Waals surface area (Å²) in [7, 11) is 1.67. The number of para-hydroxylation sites is 2. The van der Waals surface area contributed by atoms with Gasteiger partial charge in [-0.2, -0.15) is 0 Å². The molecule has 1 unspecified atom stereocenters. The van der Waals surface area contributed by atoms with Gasteiger partial charge < -0.3 is 9.15 Å². The van der Waals surface area contributed by atoms with E-state index >= 15 is 0 Å². The van der Waals surface area contributed by atoms with Crippen molar-refractivity contribution >= 4 is 27.0 Å². The summed E-state index contributed by atoms with van der Waals surface area (Å²) in [6.07, 6.45) is 0.709. The molecule has 3 rings (SSSR count). The van der Waals surface area contributed by atoms with Gasteiger partial charge in [0.05, 0.1) is 7.11 Å². The zero-order valence-corrected chi connectivity index (χ0v) is 12.6. The molecular formula is C16H14BrNO2. The summed E-state index contributed by atoms with van der Waals surface area (Å²) in [6.45, 7) is 0. The third-order valence-corrected chi connectivity index (χ3v) is 4.02. The second-order valence-electron chi connectivity index (χ2n) is 4.52.